The number of nitrogens with zero attached hydrogens (tertiary/aromatic N) is 1. The van der Waals surface area contributed by atoms with Gasteiger partial charge in [-0.3, -0.25) is 5.10 Å². The van der Waals surface area contributed by atoms with Crippen LogP contribution < -0.4 is 10.1 Å². The van der Waals surface area contributed by atoms with Crippen LogP contribution >= 0.6 is 0 Å². The molecule has 1 fully saturated rings. The fourth-order valence-electron chi connectivity index (χ4n) is 3.42. The third kappa shape index (κ3) is 3.12. The normalized spacial score (nSPS) is 22.1. The van der Waals surface area contributed by atoms with Gasteiger partial charge < -0.3 is 10.1 Å². The number of H-pyrrole nitrogens is 1. The molecule has 0 atom stereocenters. The first-order chi connectivity index (χ1) is 10.7. The van der Waals surface area contributed by atoms with Gasteiger partial charge in [0.05, 0.1) is 17.8 Å². The maximum absolute atomic E-state index is 6.33. The molecule has 2 aromatic rings. The summed E-state index contributed by atoms with van der Waals surface area (Å²) in [6, 6.07) is 2.83. The Labute approximate surface area is 132 Å². The Morgan fingerprint density at radius 2 is 2.05 bits per heavy atom. The molecule has 1 aromatic carbocycles. The van der Waals surface area contributed by atoms with Gasteiger partial charge in [0.2, 0.25) is 0 Å². The quantitative estimate of drug-likeness (QED) is 0.881. The molecule has 2 N–H and O–H groups in total. The summed E-state index contributed by atoms with van der Waals surface area (Å²) in [7, 11) is 0. The monoisotopic (exact) mass is 301 g/mol. The van der Waals surface area contributed by atoms with E-state index in [0.717, 1.165) is 30.7 Å². The van der Waals surface area contributed by atoms with Gasteiger partial charge in [-0.2, -0.15) is 5.10 Å². The molecule has 0 unspecified atom stereocenters. The van der Waals surface area contributed by atoms with Gasteiger partial charge in [0, 0.05) is 17.0 Å². The SMILES string of the molecule is CCCNC1CCC(Oc2cc(C)c3[nH]ncc3c2C)CC1. The van der Waals surface area contributed by atoms with Crippen molar-refractivity contribution in [3.05, 3.63) is 23.4 Å². The Kier molecular flexibility index (Phi) is 4.67. The predicted octanol–water partition coefficient (Wildman–Crippen LogP) is 3.87. The number of nitrogens with one attached hydrogen (secondary N) is 2. The smallest absolute Gasteiger partial charge is 0.123 e. The number of ether oxygens (including phenoxy) is 1. The molecule has 0 bridgehead atoms. The van der Waals surface area contributed by atoms with Gasteiger partial charge in [0.25, 0.3) is 0 Å². The van der Waals surface area contributed by atoms with E-state index in [-0.39, 0.29) is 0 Å². The second-order valence-corrected chi connectivity index (χ2v) is 6.52. The molecule has 0 spiro atoms. The van der Waals surface area contributed by atoms with Crippen LogP contribution in [0, 0.1) is 13.8 Å². The van der Waals surface area contributed by atoms with Crippen LogP contribution in [-0.4, -0.2) is 28.9 Å². The highest BCUT2D eigenvalue weighted by Gasteiger charge is 2.23. The summed E-state index contributed by atoms with van der Waals surface area (Å²) < 4.78 is 6.33. The van der Waals surface area contributed by atoms with Crippen LogP contribution in [0.5, 0.6) is 5.75 Å². The van der Waals surface area contributed by atoms with Gasteiger partial charge in [-0.1, -0.05) is 6.92 Å². The van der Waals surface area contributed by atoms with Crippen LogP contribution in [0.2, 0.25) is 0 Å². The lowest BCUT2D eigenvalue weighted by molar-refractivity contribution is 0.139. The van der Waals surface area contributed by atoms with Crippen LogP contribution in [0.25, 0.3) is 10.9 Å². The number of aromatic amines is 1. The van der Waals surface area contributed by atoms with Crippen molar-refractivity contribution in [1.29, 1.82) is 0 Å². The number of hydrogen-bond donors (Lipinski definition) is 2. The topological polar surface area (TPSA) is 49.9 Å². The van der Waals surface area contributed by atoms with Gasteiger partial charge in [-0.15, -0.1) is 0 Å². The number of aryl methyl sites for hydroxylation is 2. The van der Waals surface area contributed by atoms with Crippen LogP contribution in [0.4, 0.5) is 0 Å². The Bertz CT molecular complexity index is 627. The molecule has 3 rings (SSSR count). The summed E-state index contributed by atoms with van der Waals surface area (Å²) in [5, 5.41) is 12.0. The van der Waals surface area contributed by atoms with E-state index in [1.807, 2.05) is 6.20 Å². The van der Waals surface area contributed by atoms with E-state index < -0.39 is 0 Å². The number of fused-ring (bicyclic) bond motifs is 1. The fraction of sp³-hybridized carbons (Fsp3) is 0.611. The van der Waals surface area contributed by atoms with E-state index in [4.69, 9.17) is 4.74 Å². The molecule has 1 aliphatic carbocycles. The molecule has 4 nitrogen and oxygen atoms in total. The van der Waals surface area contributed by atoms with E-state index in [1.165, 1.54) is 35.8 Å². The Hall–Kier alpha value is -1.55. The molecule has 0 aliphatic heterocycles. The minimum absolute atomic E-state index is 0.349. The first kappa shape index (κ1) is 15.3. The molecular weight excluding hydrogens is 274 g/mol. The summed E-state index contributed by atoms with van der Waals surface area (Å²) in [6.45, 7) is 7.59. The van der Waals surface area contributed by atoms with Crippen molar-refractivity contribution in [2.45, 2.75) is 65.0 Å². The van der Waals surface area contributed by atoms with Crippen molar-refractivity contribution < 1.29 is 4.74 Å². The van der Waals surface area contributed by atoms with E-state index >= 15 is 0 Å². The van der Waals surface area contributed by atoms with Gasteiger partial charge in [-0.25, -0.2) is 0 Å². The minimum atomic E-state index is 0.349. The van der Waals surface area contributed by atoms with E-state index in [9.17, 15) is 0 Å². The number of benzene rings is 1. The van der Waals surface area contributed by atoms with Crippen molar-refractivity contribution >= 4 is 10.9 Å². The molecule has 1 aromatic heterocycles. The van der Waals surface area contributed by atoms with Crippen LogP contribution in [0.1, 0.15) is 50.2 Å². The van der Waals surface area contributed by atoms with Gasteiger partial charge in [0.15, 0.2) is 0 Å². The van der Waals surface area contributed by atoms with Gasteiger partial charge >= 0.3 is 0 Å². The second-order valence-electron chi connectivity index (χ2n) is 6.52. The fourth-order valence-corrected chi connectivity index (χ4v) is 3.42. The number of aromatic nitrogens is 2. The first-order valence-electron chi connectivity index (χ1n) is 8.52. The van der Waals surface area contributed by atoms with E-state index in [0.29, 0.717) is 12.1 Å². The van der Waals surface area contributed by atoms with Crippen LogP contribution in [-0.2, 0) is 0 Å². The molecule has 1 heterocycles. The summed E-state index contributed by atoms with van der Waals surface area (Å²) in [5.74, 6) is 1.02. The molecule has 0 radical (unpaired) electrons. The first-order valence-corrected chi connectivity index (χ1v) is 8.52. The van der Waals surface area contributed by atoms with Crippen molar-refractivity contribution in [3.63, 3.8) is 0 Å². The molecule has 120 valence electrons. The highest BCUT2D eigenvalue weighted by molar-refractivity contribution is 5.86. The van der Waals surface area contributed by atoms with Gasteiger partial charge in [-0.05, 0) is 64.1 Å². The largest absolute Gasteiger partial charge is 0.490 e. The van der Waals surface area contributed by atoms with Crippen LogP contribution in [0.3, 0.4) is 0 Å². The lowest BCUT2D eigenvalue weighted by atomic mass is 9.92. The van der Waals surface area contributed by atoms with Crippen molar-refractivity contribution in [1.82, 2.24) is 15.5 Å². The maximum Gasteiger partial charge on any atom is 0.123 e. The lowest BCUT2D eigenvalue weighted by Crippen LogP contribution is -2.36. The van der Waals surface area contributed by atoms with E-state index in [1.54, 1.807) is 0 Å². The van der Waals surface area contributed by atoms with E-state index in [2.05, 4.69) is 42.4 Å². The Morgan fingerprint density at radius 1 is 1.27 bits per heavy atom. The van der Waals surface area contributed by atoms with Crippen molar-refractivity contribution in [2.24, 2.45) is 0 Å². The predicted molar refractivity (Wildman–Crippen MR) is 90.5 cm³/mol. The highest BCUT2D eigenvalue weighted by Crippen LogP contribution is 2.32. The highest BCUT2D eigenvalue weighted by atomic mass is 16.5. The summed E-state index contributed by atoms with van der Waals surface area (Å²) in [6.07, 6.45) is 8.18. The molecule has 0 amide bonds. The average Bonchev–Trinajstić information content (AvgIpc) is 3.02. The lowest BCUT2D eigenvalue weighted by Gasteiger charge is -2.30. The number of hydrogen-bond acceptors (Lipinski definition) is 3. The summed E-state index contributed by atoms with van der Waals surface area (Å²) >= 11 is 0. The minimum Gasteiger partial charge on any atom is -0.490 e. The summed E-state index contributed by atoms with van der Waals surface area (Å²) in [4.78, 5) is 0. The number of rotatable bonds is 5. The zero-order valence-electron chi connectivity index (χ0n) is 13.9. The zero-order chi connectivity index (χ0) is 15.5. The molecule has 4 heteroatoms. The maximum atomic E-state index is 6.33. The molecule has 22 heavy (non-hydrogen) atoms. The van der Waals surface area contributed by atoms with Crippen LogP contribution in [0.15, 0.2) is 12.3 Å². The van der Waals surface area contributed by atoms with Crippen molar-refractivity contribution in [2.75, 3.05) is 6.54 Å². The summed E-state index contributed by atoms with van der Waals surface area (Å²) in [5.41, 5.74) is 3.52. The molecule has 1 aliphatic rings. The van der Waals surface area contributed by atoms with Crippen molar-refractivity contribution in [3.8, 4) is 5.75 Å². The Morgan fingerprint density at radius 3 is 2.77 bits per heavy atom. The van der Waals surface area contributed by atoms with Gasteiger partial charge in [0.1, 0.15) is 5.75 Å². The third-order valence-electron chi connectivity index (χ3n) is 4.81. The molecular formula is C18H27N3O. The third-order valence-corrected chi connectivity index (χ3v) is 4.81. The molecule has 1 saturated carbocycles. The molecule has 0 saturated heterocycles. The average molecular weight is 301 g/mol. The zero-order valence-corrected chi connectivity index (χ0v) is 13.9. The standard InChI is InChI=1S/C18H27N3O/c1-4-9-19-14-5-7-15(8-6-14)22-17-10-12(2)18-16(13(17)3)11-20-21-18/h10-11,14-15,19H,4-9H2,1-3H3,(H,20,21). The second kappa shape index (κ2) is 6.69. The Balaban J connectivity index is 1.66.